The Labute approximate surface area is 239 Å². The Kier molecular flexibility index (Phi) is 9.51. The monoisotopic (exact) mass is 584 g/mol. The lowest BCUT2D eigenvalue weighted by molar-refractivity contribution is 0.269. The van der Waals surface area contributed by atoms with Gasteiger partial charge < -0.3 is 10.2 Å². The van der Waals surface area contributed by atoms with E-state index < -0.39 is 9.84 Å². The van der Waals surface area contributed by atoms with Crippen LogP contribution in [0.25, 0.3) is 0 Å². The van der Waals surface area contributed by atoms with Crippen molar-refractivity contribution in [1.82, 2.24) is 9.80 Å². The minimum Gasteiger partial charge on any atom is -0.507 e. The van der Waals surface area contributed by atoms with E-state index in [1.807, 2.05) is 22.9 Å². The molecule has 0 bridgehead atoms. The summed E-state index contributed by atoms with van der Waals surface area (Å²) in [5.74, 6) is 0.238. The molecule has 208 valence electrons. The van der Waals surface area contributed by atoms with Gasteiger partial charge in [0.15, 0.2) is 0 Å². The predicted octanol–water partition coefficient (Wildman–Crippen LogP) is 6.71. The Hall–Kier alpha value is -2.69. The zero-order valence-electron chi connectivity index (χ0n) is 22.8. The van der Waals surface area contributed by atoms with Gasteiger partial charge in [-0.25, -0.2) is 8.42 Å². The van der Waals surface area contributed by atoms with Crippen molar-refractivity contribution >= 4 is 32.5 Å². The molecule has 0 saturated carbocycles. The summed E-state index contributed by atoms with van der Waals surface area (Å²) >= 11 is 3.35. The molecule has 0 amide bonds. The van der Waals surface area contributed by atoms with E-state index >= 15 is 0 Å². The number of benzene rings is 2. The molecule has 9 heteroatoms. The number of phenols is 2. The van der Waals surface area contributed by atoms with Crippen LogP contribution in [0.2, 0.25) is 0 Å². The fraction of sp³-hybridized carbons (Fsp3) is 0.333. The summed E-state index contributed by atoms with van der Waals surface area (Å²) in [5.41, 5.74) is 2.19. The van der Waals surface area contributed by atoms with Crippen molar-refractivity contribution in [2.24, 2.45) is 0 Å². The van der Waals surface area contributed by atoms with E-state index in [9.17, 15) is 18.6 Å². The summed E-state index contributed by atoms with van der Waals surface area (Å²) in [7, 11) is -3.90. The molecule has 6 nitrogen and oxygen atoms in total. The van der Waals surface area contributed by atoms with Crippen molar-refractivity contribution in [3.8, 4) is 11.5 Å². The summed E-state index contributed by atoms with van der Waals surface area (Å²) in [5, 5.41) is 25.7. The Morgan fingerprint density at radius 1 is 0.692 bits per heavy atom. The van der Waals surface area contributed by atoms with E-state index in [4.69, 9.17) is 0 Å². The Bertz CT molecular complexity index is 1390. The number of aryl methyl sites for hydroxylation is 2. The summed E-state index contributed by atoms with van der Waals surface area (Å²) in [4.78, 5) is 7.05. The third-order valence-corrected chi connectivity index (χ3v) is 10.4. The predicted molar refractivity (Wildman–Crippen MR) is 159 cm³/mol. The van der Waals surface area contributed by atoms with Crippen LogP contribution in [0.5, 0.6) is 11.5 Å². The average Bonchev–Trinajstić information content (AvgIpc) is 3.62. The molecule has 0 aliphatic heterocycles. The fourth-order valence-electron chi connectivity index (χ4n) is 4.61. The second kappa shape index (κ2) is 12.7. The average molecular weight is 585 g/mol. The first-order valence-electron chi connectivity index (χ1n) is 13.0. The lowest BCUT2D eigenvalue weighted by atomic mass is 10.1. The van der Waals surface area contributed by atoms with Crippen LogP contribution in [0.4, 0.5) is 0 Å². The summed E-state index contributed by atoms with van der Waals surface area (Å²) in [6.45, 7) is 11.4. The van der Waals surface area contributed by atoms with Crippen LogP contribution in [0, 0.1) is 13.8 Å². The van der Waals surface area contributed by atoms with E-state index in [0.29, 0.717) is 35.3 Å². The maximum absolute atomic E-state index is 13.9. The molecule has 0 saturated heterocycles. The highest BCUT2D eigenvalue weighted by molar-refractivity contribution is 7.91. The normalized spacial score (nSPS) is 12.1. The number of hydrogen-bond donors (Lipinski definition) is 2. The van der Waals surface area contributed by atoms with E-state index in [-0.39, 0.29) is 21.3 Å². The molecule has 2 N–H and O–H groups in total. The molecular weight excluding hydrogens is 549 g/mol. The lowest BCUT2D eigenvalue weighted by Crippen LogP contribution is -2.22. The maximum atomic E-state index is 13.9. The minimum absolute atomic E-state index is 0.119. The molecule has 39 heavy (non-hydrogen) atoms. The van der Waals surface area contributed by atoms with Crippen LogP contribution < -0.4 is 0 Å². The molecule has 0 unspecified atom stereocenters. The van der Waals surface area contributed by atoms with E-state index in [1.54, 1.807) is 48.7 Å². The second-order valence-corrected chi connectivity index (χ2v) is 13.8. The molecule has 2 heterocycles. The number of thiophene rings is 2. The number of nitrogens with zero attached hydrogens (tertiary/aromatic N) is 2. The van der Waals surface area contributed by atoms with Crippen molar-refractivity contribution in [2.45, 2.75) is 63.7 Å². The van der Waals surface area contributed by atoms with Gasteiger partial charge in [-0.3, -0.25) is 9.80 Å². The number of phenolic OH excluding ortho intramolecular Hbond substituents is 2. The van der Waals surface area contributed by atoms with Gasteiger partial charge in [-0.1, -0.05) is 26.0 Å². The first kappa shape index (κ1) is 29.3. The Balaban J connectivity index is 1.65. The lowest BCUT2D eigenvalue weighted by Gasteiger charge is -2.22. The van der Waals surface area contributed by atoms with E-state index in [2.05, 4.69) is 35.8 Å². The van der Waals surface area contributed by atoms with Crippen LogP contribution >= 0.6 is 22.7 Å². The van der Waals surface area contributed by atoms with Crippen molar-refractivity contribution in [3.63, 3.8) is 0 Å². The third kappa shape index (κ3) is 6.91. The molecule has 0 fully saturated rings. The number of sulfone groups is 1. The molecule has 2 aromatic carbocycles. The zero-order chi connectivity index (χ0) is 28.2. The molecule has 0 spiro atoms. The molecule has 0 atom stereocenters. The first-order chi connectivity index (χ1) is 18.6. The van der Waals surface area contributed by atoms with Crippen LogP contribution in [-0.2, 0) is 36.0 Å². The van der Waals surface area contributed by atoms with Crippen LogP contribution in [0.3, 0.4) is 0 Å². The van der Waals surface area contributed by atoms with Gasteiger partial charge in [0.2, 0.25) is 9.84 Å². The number of rotatable bonds is 12. The standard InChI is InChI=1S/C30H36N2O4S3/c1-5-31(19-25-9-7-11-37-25)17-23-15-27(13-21(3)29(23)33)39(35,36)28-14-22(4)30(34)24(16-28)18-32(6-2)20-26-10-8-12-38-26/h7-16,33-34H,5-6,17-20H2,1-4H3. The van der Waals surface area contributed by atoms with Gasteiger partial charge in [0.1, 0.15) is 11.5 Å². The molecule has 4 rings (SSSR count). The highest BCUT2D eigenvalue weighted by Gasteiger charge is 2.24. The number of aromatic hydroxyl groups is 2. The van der Waals surface area contributed by atoms with E-state index in [0.717, 1.165) is 26.2 Å². The smallest absolute Gasteiger partial charge is 0.206 e. The molecule has 0 aliphatic rings. The largest absolute Gasteiger partial charge is 0.507 e. The molecule has 0 radical (unpaired) electrons. The van der Waals surface area contributed by atoms with Crippen LogP contribution in [-0.4, -0.2) is 41.5 Å². The Morgan fingerprint density at radius 3 is 1.44 bits per heavy atom. The fourth-order valence-corrected chi connectivity index (χ4v) is 7.63. The SMILES string of the molecule is CCN(Cc1cccs1)Cc1cc(S(=O)(=O)c2cc(C)c(O)c(CN(CC)Cc3cccs3)c2)cc(C)c1O. The highest BCUT2D eigenvalue weighted by atomic mass is 32.2. The molecular formula is C30H36N2O4S3. The molecule has 0 aliphatic carbocycles. The van der Waals surface area contributed by atoms with Gasteiger partial charge >= 0.3 is 0 Å². The molecule has 4 aromatic rings. The first-order valence-corrected chi connectivity index (χ1v) is 16.3. The molecule has 2 aromatic heterocycles. The summed E-state index contributed by atoms with van der Waals surface area (Å²) < 4.78 is 27.8. The Morgan fingerprint density at radius 2 is 1.10 bits per heavy atom. The highest BCUT2D eigenvalue weighted by Crippen LogP contribution is 2.34. The quantitative estimate of drug-likeness (QED) is 0.193. The van der Waals surface area contributed by atoms with Crippen molar-refractivity contribution in [3.05, 3.63) is 91.3 Å². The maximum Gasteiger partial charge on any atom is 0.206 e. The van der Waals surface area contributed by atoms with Crippen molar-refractivity contribution in [1.29, 1.82) is 0 Å². The second-order valence-electron chi connectivity index (χ2n) is 9.76. The topological polar surface area (TPSA) is 81.1 Å². The van der Waals surface area contributed by atoms with Crippen molar-refractivity contribution in [2.75, 3.05) is 13.1 Å². The van der Waals surface area contributed by atoms with Crippen LogP contribution in [0.15, 0.2) is 69.1 Å². The van der Waals surface area contributed by atoms with Crippen molar-refractivity contribution < 1.29 is 18.6 Å². The zero-order valence-corrected chi connectivity index (χ0v) is 25.3. The van der Waals surface area contributed by atoms with Crippen LogP contribution in [0.1, 0.15) is 45.9 Å². The third-order valence-electron chi connectivity index (χ3n) is 6.93. The van der Waals surface area contributed by atoms with Gasteiger partial charge in [-0.15, -0.1) is 22.7 Å². The summed E-state index contributed by atoms with van der Waals surface area (Å²) in [6.07, 6.45) is 0. The van der Waals surface area contributed by atoms with Gasteiger partial charge in [-0.05, 0) is 85.2 Å². The van der Waals surface area contributed by atoms with Gasteiger partial charge in [0.05, 0.1) is 9.79 Å². The minimum atomic E-state index is -3.90. The van der Waals surface area contributed by atoms with Gasteiger partial charge in [0, 0.05) is 47.1 Å². The number of hydrogen-bond acceptors (Lipinski definition) is 8. The van der Waals surface area contributed by atoms with E-state index in [1.165, 1.54) is 21.9 Å². The summed E-state index contributed by atoms with van der Waals surface area (Å²) in [6, 6.07) is 14.4. The van der Waals surface area contributed by atoms with Gasteiger partial charge in [-0.2, -0.15) is 0 Å². The van der Waals surface area contributed by atoms with Gasteiger partial charge in [0.25, 0.3) is 0 Å².